The molecule has 19 heavy (non-hydrogen) atoms. The second-order valence-electron chi connectivity index (χ2n) is 3.88. The molecular weight excluding hydrogens is 279 g/mol. The summed E-state index contributed by atoms with van der Waals surface area (Å²) in [6.45, 7) is 0.692. The predicted octanol–water partition coefficient (Wildman–Crippen LogP) is 0.655. The first kappa shape index (κ1) is 15.5. The van der Waals surface area contributed by atoms with Crippen LogP contribution in [0.3, 0.4) is 0 Å². The van der Waals surface area contributed by atoms with E-state index in [4.69, 9.17) is 5.11 Å². The minimum atomic E-state index is -3.99. The molecule has 0 unspecified atom stereocenters. The highest BCUT2D eigenvalue weighted by atomic mass is 32.2. The fourth-order valence-electron chi connectivity index (χ4n) is 1.44. The van der Waals surface area contributed by atoms with E-state index in [1.165, 1.54) is 14.0 Å². The van der Waals surface area contributed by atoms with Crippen LogP contribution in [0.2, 0.25) is 0 Å². The molecule has 0 spiro atoms. The summed E-state index contributed by atoms with van der Waals surface area (Å²) < 4.78 is 38.4. The number of nitrogens with zero attached hydrogens (tertiary/aromatic N) is 2. The number of halogens is 1. The minimum absolute atomic E-state index is 0.134. The van der Waals surface area contributed by atoms with Crippen LogP contribution in [-0.4, -0.2) is 43.0 Å². The van der Waals surface area contributed by atoms with E-state index >= 15 is 0 Å². The van der Waals surface area contributed by atoms with Crippen molar-refractivity contribution in [3.63, 3.8) is 0 Å². The van der Waals surface area contributed by atoms with E-state index in [0.29, 0.717) is 6.07 Å². The fraction of sp³-hybridized carbons (Fsp3) is 0.400. The molecule has 1 N–H and O–H groups in total. The largest absolute Gasteiger partial charge is 0.395 e. The number of aliphatic hydroxyl groups excluding tert-OH is 1. The van der Waals surface area contributed by atoms with Gasteiger partial charge in [0.2, 0.25) is 15.8 Å². The monoisotopic (exact) mass is 292 g/mol. The number of sulfonamides is 1. The lowest BCUT2D eigenvalue weighted by molar-refractivity contribution is -0.387. The zero-order chi connectivity index (χ0) is 14.8. The normalized spacial score (nSPS) is 11.8. The average Bonchev–Trinajstić information content (AvgIpc) is 2.32. The average molecular weight is 292 g/mol. The molecule has 0 aliphatic carbocycles. The second kappa shape index (κ2) is 5.59. The van der Waals surface area contributed by atoms with Crippen molar-refractivity contribution in [3.8, 4) is 0 Å². The van der Waals surface area contributed by atoms with Crippen LogP contribution in [0, 0.1) is 22.9 Å². The quantitative estimate of drug-likeness (QED) is 0.634. The van der Waals surface area contributed by atoms with Crippen molar-refractivity contribution >= 4 is 15.7 Å². The van der Waals surface area contributed by atoms with Crippen LogP contribution >= 0.6 is 0 Å². The van der Waals surface area contributed by atoms with Crippen molar-refractivity contribution in [2.45, 2.75) is 11.8 Å². The molecule has 0 fully saturated rings. The molecule has 1 aromatic rings. The lowest BCUT2D eigenvalue weighted by Gasteiger charge is -2.16. The molecule has 0 aliphatic heterocycles. The summed E-state index contributed by atoms with van der Waals surface area (Å²) in [5, 5.41) is 19.4. The Labute approximate surface area is 109 Å². The van der Waals surface area contributed by atoms with Gasteiger partial charge in [-0.3, -0.25) is 10.1 Å². The molecule has 0 saturated heterocycles. The molecule has 7 nitrogen and oxygen atoms in total. The van der Waals surface area contributed by atoms with E-state index in [2.05, 4.69) is 0 Å². The first-order chi connectivity index (χ1) is 8.71. The number of hydrogen-bond donors (Lipinski definition) is 1. The van der Waals surface area contributed by atoms with E-state index in [9.17, 15) is 22.9 Å². The lowest BCUT2D eigenvalue weighted by atomic mass is 10.2. The Kier molecular flexibility index (Phi) is 4.56. The van der Waals surface area contributed by atoms with Crippen LogP contribution in [0.1, 0.15) is 5.56 Å². The Balaban J connectivity index is 3.40. The Morgan fingerprint density at radius 3 is 2.53 bits per heavy atom. The van der Waals surface area contributed by atoms with Crippen LogP contribution in [0.15, 0.2) is 17.0 Å². The van der Waals surface area contributed by atoms with Gasteiger partial charge in [0, 0.05) is 19.7 Å². The number of likely N-dealkylation sites (N-methyl/N-ethyl adjacent to an activating group) is 1. The highest BCUT2D eigenvalue weighted by molar-refractivity contribution is 7.89. The van der Waals surface area contributed by atoms with E-state index in [-0.39, 0.29) is 17.0 Å². The van der Waals surface area contributed by atoms with Gasteiger partial charge in [0.25, 0.3) is 0 Å². The van der Waals surface area contributed by atoms with E-state index < -0.39 is 33.1 Å². The Hall–Kier alpha value is -1.58. The molecule has 106 valence electrons. The summed E-state index contributed by atoms with van der Waals surface area (Å²) in [5.74, 6) is -1.06. The maximum atomic E-state index is 13.5. The number of nitro benzene ring substituents is 1. The second-order valence-corrected chi connectivity index (χ2v) is 5.93. The van der Waals surface area contributed by atoms with Crippen LogP contribution in [0.4, 0.5) is 10.1 Å². The molecule has 0 heterocycles. The minimum Gasteiger partial charge on any atom is -0.395 e. The first-order valence-electron chi connectivity index (χ1n) is 5.23. The zero-order valence-corrected chi connectivity index (χ0v) is 11.1. The molecular formula is C10H13FN2O5S. The fourth-order valence-corrected chi connectivity index (χ4v) is 2.71. The molecule has 0 amide bonds. The molecule has 1 aromatic carbocycles. The summed E-state index contributed by atoms with van der Waals surface area (Å²) in [6, 6.07) is 1.69. The van der Waals surface area contributed by atoms with E-state index in [1.807, 2.05) is 0 Å². The number of nitro groups is 1. The number of aryl methyl sites for hydroxylation is 1. The van der Waals surface area contributed by atoms with Crippen LogP contribution in [0.5, 0.6) is 0 Å². The molecule has 0 saturated carbocycles. The number of aliphatic hydroxyl groups is 1. The topological polar surface area (TPSA) is 101 Å². The molecule has 0 aliphatic rings. The SMILES string of the molecule is Cc1cc(S(=O)(=O)N(C)CCO)cc([N+](=O)[O-])c1F. The van der Waals surface area contributed by atoms with Crippen LogP contribution in [0.25, 0.3) is 0 Å². The van der Waals surface area contributed by atoms with Gasteiger partial charge in [0.15, 0.2) is 0 Å². The van der Waals surface area contributed by atoms with E-state index in [1.54, 1.807) is 0 Å². The Morgan fingerprint density at radius 2 is 2.05 bits per heavy atom. The first-order valence-corrected chi connectivity index (χ1v) is 6.67. The highest BCUT2D eigenvalue weighted by Crippen LogP contribution is 2.26. The number of rotatable bonds is 5. The van der Waals surface area contributed by atoms with E-state index in [0.717, 1.165) is 10.4 Å². The molecule has 0 aromatic heterocycles. The maximum absolute atomic E-state index is 13.5. The van der Waals surface area contributed by atoms with Crippen molar-refractivity contribution in [1.82, 2.24) is 4.31 Å². The third-order valence-corrected chi connectivity index (χ3v) is 4.36. The molecule has 9 heteroatoms. The van der Waals surface area contributed by atoms with Crippen LogP contribution < -0.4 is 0 Å². The van der Waals surface area contributed by atoms with Crippen molar-refractivity contribution in [2.24, 2.45) is 0 Å². The standard InChI is InChI=1S/C10H13FN2O5S/c1-7-5-8(6-9(10(7)11)13(15)16)19(17,18)12(2)3-4-14/h5-6,14H,3-4H2,1-2H3. The molecule has 0 bridgehead atoms. The highest BCUT2D eigenvalue weighted by Gasteiger charge is 2.26. The van der Waals surface area contributed by atoms with Gasteiger partial charge in [-0.15, -0.1) is 0 Å². The Bertz CT molecular complexity index is 602. The smallest absolute Gasteiger partial charge is 0.306 e. The third-order valence-electron chi connectivity index (χ3n) is 2.53. The molecule has 1 rings (SSSR count). The number of hydrogen-bond acceptors (Lipinski definition) is 5. The summed E-state index contributed by atoms with van der Waals surface area (Å²) in [4.78, 5) is 9.31. The summed E-state index contributed by atoms with van der Waals surface area (Å²) >= 11 is 0. The predicted molar refractivity (Wildman–Crippen MR) is 64.7 cm³/mol. The van der Waals surface area contributed by atoms with Crippen molar-refractivity contribution in [1.29, 1.82) is 0 Å². The summed E-state index contributed by atoms with van der Waals surface area (Å²) in [6.07, 6.45) is 0. The van der Waals surface area contributed by atoms with Gasteiger partial charge in [0.05, 0.1) is 16.4 Å². The molecule has 0 radical (unpaired) electrons. The lowest BCUT2D eigenvalue weighted by Crippen LogP contribution is -2.29. The van der Waals surface area contributed by atoms with Gasteiger partial charge < -0.3 is 5.11 Å². The molecule has 0 atom stereocenters. The summed E-state index contributed by atoms with van der Waals surface area (Å²) in [7, 11) is -2.78. The van der Waals surface area contributed by atoms with Gasteiger partial charge in [-0.2, -0.15) is 8.70 Å². The van der Waals surface area contributed by atoms with Crippen molar-refractivity contribution < 1.29 is 22.8 Å². The van der Waals surface area contributed by atoms with Gasteiger partial charge >= 0.3 is 5.69 Å². The van der Waals surface area contributed by atoms with Crippen LogP contribution in [-0.2, 0) is 10.0 Å². The zero-order valence-electron chi connectivity index (χ0n) is 10.3. The number of benzene rings is 1. The Morgan fingerprint density at radius 1 is 1.47 bits per heavy atom. The maximum Gasteiger partial charge on any atom is 0.306 e. The van der Waals surface area contributed by atoms with Gasteiger partial charge in [-0.25, -0.2) is 8.42 Å². The van der Waals surface area contributed by atoms with Crippen molar-refractivity contribution in [2.75, 3.05) is 20.2 Å². The van der Waals surface area contributed by atoms with Gasteiger partial charge in [-0.05, 0) is 18.6 Å². The van der Waals surface area contributed by atoms with Gasteiger partial charge in [-0.1, -0.05) is 0 Å². The van der Waals surface area contributed by atoms with Crippen molar-refractivity contribution in [3.05, 3.63) is 33.6 Å². The summed E-state index contributed by atoms with van der Waals surface area (Å²) in [5.41, 5.74) is -1.03. The third kappa shape index (κ3) is 3.06. The van der Waals surface area contributed by atoms with Gasteiger partial charge in [0.1, 0.15) is 0 Å².